The molecule has 0 saturated carbocycles. The van der Waals surface area contributed by atoms with Crippen molar-refractivity contribution >= 4 is 23.5 Å². The number of benzene rings is 1. The van der Waals surface area contributed by atoms with Gasteiger partial charge >= 0.3 is 5.97 Å². The van der Waals surface area contributed by atoms with Gasteiger partial charge in [0.1, 0.15) is 11.9 Å². The highest BCUT2D eigenvalue weighted by molar-refractivity contribution is 6.30. The fourth-order valence-electron chi connectivity index (χ4n) is 2.89. The van der Waals surface area contributed by atoms with Gasteiger partial charge in [-0.15, -0.1) is 0 Å². The smallest absolute Gasteiger partial charge is 0.323 e. The van der Waals surface area contributed by atoms with Crippen molar-refractivity contribution in [1.29, 1.82) is 0 Å². The highest BCUT2D eigenvalue weighted by Crippen LogP contribution is 2.19. The molecular formula is C15H16ClFN2O3. The lowest BCUT2D eigenvalue weighted by Crippen LogP contribution is -2.53. The van der Waals surface area contributed by atoms with Gasteiger partial charge in [0.2, 0.25) is 0 Å². The van der Waals surface area contributed by atoms with Crippen molar-refractivity contribution in [1.82, 2.24) is 9.80 Å². The topological polar surface area (TPSA) is 49.9 Å². The molecule has 2 saturated heterocycles. The van der Waals surface area contributed by atoms with Crippen molar-refractivity contribution in [3.05, 3.63) is 34.6 Å². The molecule has 1 aromatic carbocycles. The van der Waals surface area contributed by atoms with Crippen LogP contribution in [0.1, 0.15) is 16.8 Å². The standard InChI is InChI=1S/C15H16ClFN2O3/c16-10-1-2-11(12(17)9-10)14(20)19-6-4-18(5-7-19)13-3-8-22-15(13)21/h1-2,9,13H,3-8H2/t13-/m1/s1. The number of ether oxygens (including phenoxy) is 1. The van der Waals surface area contributed by atoms with E-state index in [1.54, 1.807) is 4.90 Å². The molecule has 2 aliphatic heterocycles. The van der Waals surface area contributed by atoms with Crippen LogP contribution in [0.15, 0.2) is 18.2 Å². The Morgan fingerprint density at radius 2 is 2.00 bits per heavy atom. The number of hydrogen-bond donors (Lipinski definition) is 0. The number of carbonyl (C=O) groups excluding carboxylic acids is 2. The van der Waals surface area contributed by atoms with E-state index in [1.807, 2.05) is 4.90 Å². The van der Waals surface area contributed by atoms with Crippen LogP contribution >= 0.6 is 11.6 Å². The molecule has 3 rings (SSSR count). The molecule has 2 fully saturated rings. The van der Waals surface area contributed by atoms with Crippen molar-refractivity contribution in [3.8, 4) is 0 Å². The second-order valence-corrected chi connectivity index (χ2v) is 5.86. The normalized spacial score (nSPS) is 22.7. The van der Waals surface area contributed by atoms with Crippen molar-refractivity contribution in [2.45, 2.75) is 12.5 Å². The van der Waals surface area contributed by atoms with E-state index in [4.69, 9.17) is 16.3 Å². The minimum absolute atomic E-state index is 0.0260. The Morgan fingerprint density at radius 1 is 1.27 bits per heavy atom. The summed E-state index contributed by atoms with van der Waals surface area (Å²) >= 11 is 5.70. The Balaban J connectivity index is 1.63. The van der Waals surface area contributed by atoms with Crippen LogP contribution in [0.2, 0.25) is 5.02 Å². The van der Waals surface area contributed by atoms with Gasteiger partial charge in [-0.25, -0.2) is 4.39 Å². The van der Waals surface area contributed by atoms with Crippen LogP contribution < -0.4 is 0 Å². The molecule has 0 radical (unpaired) electrons. The Kier molecular flexibility index (Phi) is 4.31. The monoisotopic (exact) mass is 326 g/mol. The maximum Gasteiger partial charge on any atom is 0.323 e. The van der Waals surface area contributed by atoms with Crippen molar-refractivity contribution in [3.63, 3.8) is 0 Å². The van der Waals surface area contributed by atoms with Gasteiger partial charge in [0, 0.05) is 37.6 Å². The molecule has 7 heteroatoms. The van der Waals surface area contributed by atoms with Gasteiger partial charge in [0.15, 0.2) is 0 Å². The van der Waals surface area contributed by atoms with E-state index in [0.717, 1.165) is 6.07 Å². The van der Waals surface area contributed by atoms with E-state index in [2.05, 4.69) is 0 Å². The van der Waals surface area contributed by atoms with Crippen LogP contribution in [0, 0.1) is 5.82 Å². The first-order valence-electron chi connectivity index (χ1n) is 7.21. The molecule has 0 aromatic heterocycles. The summed E-state index contributed by atoms with van der Waals surface area (Å²) in [4.78, 5) is 27.6. The largest absolute Gasteiger partial charge is 0.464 e. The molecular weight excluding hydrogens is 311 g/mol. The lowest BCUT2D eigenvalue weighted by Gasteiger charge is -2.36. The summed E-state index contributed by atoms with van der Waals surface area (Å²) in [5, 5.41) is 0.263. The van der Waals surface area contributed by atoms with Crippen molar-refractivity contribution in [2.75, 3.05) is 32.8 Å². The number of carbonyl (C=O) groups is 2. The molecule has 5 nitrogen and oxygen atoms in total. The summed E-state index contributed by atoms with van der Waals surface area (Å²) in [5.41, 5.74) is 0.0260. The molecule has 1 atom stereocenters. The minimum atomic E-state index is -0.612. The molecule has 0 spiro atoms. The summed E-state index contributed by atoms with van der Waals surface area (Å²) in [5.74, 6) is -1.15. The quantitative estimate of drug-likeness (QED) is 0.774. The number of halogens is 2. The average molecular weight is 327 g/mol. The van der Waals surface area contributed by atoms with Gasteiger partial charge < -0.3 is 9.64 Å². The van der Waals surface area contributed by atoms with Crippen LogP contribution in [0.25, 0.3) is 0 Å². The third-order valence-corrected chi connectivity index (χ3v) is 4.35. The molecule has 1 aromatic rings. The predicted molar refractivity (Wildman–Crippen MR) is 78.3 cm³/mol. The van der Waals surface area contributed by atoms with E-state index < -0.39 is 5.82 Å². The summed E-state index contributed by atoms with van der Waals surface area (Å²) in [7, 11) is 0. The summed E-state index contributed by atoms with van der Waals surface area (Å²) in [6.07, 6.45) is 0.693. The first-order chi connectivity index (χ1) is 10.6. The van der Waals surface area contributed by atoms with E-state index >= 15 is 0 Å². The van der Waals surface area contributed by atoms with Gasteiger partial charge in [-0.2, -0.15) is 0 Å². The minimum Gasteiger partial charge on any atom is -0.464 e. The number of hydrogen-bond acceptors (Lipinski definition) is 4. The zero-order chi connectivity index (χ0) is 15.7. The Bertz CT molecular complexity index is 602. The molecule has 2 aliphatic rings. The maximum atomic E-state index is 13.8. The molecule has 1 amide bonds. The summed E-state index contributed by atoms with van der Waals surface area (Å²) in [6, 6.07) is 3.84. The molecule has 0 unspecified atom stereocenters. The highest BCUT2D eigenvalue weighted by Gasteiger charge is 2.35. The van der Waals surface area contributed by atoms with Crippen LogP contribution in [0.3, 0.4) is 0 Å². The lowest BCUT2D eigenvalue weighted by molar-refractivity contribution is -0.142. The Labute approximate surface area is 132 Å². The van der Waals surface area contributed by atoms with Crippen LogP contribution in [-0.2, 0) is 9.53 Å². The summed E-state index contributed by atoms with van der Waals surface area (Å²) < 4.78 is 18.8. The van der Waals surface area contributed by atoms with E-state index in [9.17, 15) is 14.0 Å². The fourth-order valence-corrected chi connectivity index (χ4v) is 3.05. The first-order valence-corrected chi connectivity index (χ1v) is 7.59. The number of cyclic esters (lactones) is 1. The molecule has 0 bridgehead atoms. The van der Waals surface area contributed by atoms with E-state index in [1.165, 1.54) is 12.1 Å². The van der Waals surface area contributed by atoms with E-state index in [0.29, 0.717) is 39.2 Å². The second kappa shape index (κ2) is 6.22. The average Bonchev–Trinajstić information content (AvgIpc) is 2.93. The van der Waals surface area contributed by atoms with Gasteiger partial charge in [0.25, 0.3) is 5.91 Å². The third-order valence-electron chi connectivity index (χ3n) is 4.11. The lowest BCUT2D eigenvalue weighted by atomic mass is 10.1. The third kappa shape index (κ3) is 2.94. The zero-order valence-corrected chi connectivity index (χ0v) is 12.7. The summed E-state index contributed by atoms with van der Waals surface area (Å²) in [6.45, 7) is 2.55. The van der Waals surface area contributed by atoms with Gasteiger partial charge in [0.05, 0.1) is 12.2 Å². The highest BCUT2D eigenvalue weighted by atomic mass is 35.5. The van der Waals surface area contributed by atoms with E-state index in [-0.39, 0.29) is 28.5 Å². The first kappa shape index (κ1) is 15.2. The van der Waals surface area contributed by atoms with Gasteiger partial charge in [-0.3, -0.25) is 14.5 Å². The molecule has 118 valence electrons. The van der Waals surface area contributed by atoms with Crippen molar-refractivity contribution in [2.24, 2.45) is 0 Å². The molecule has 22 heavy (non-hydrogen) atoms. The molecule has 0 aliphatic carbocycles. The van der Waals surface area contributed by atoms with Gasteiger partial charge in [-0.1, -0.05) is 11.6 Å². The number of nitrogens with zero attached hydrogens (tertiary/aromatic N) is 2. The Hall–Kier alpha value is -1.66. The van der Waals surface area contributed by atoms with Crippen molar-refractivity contribution < 1.29 is 18.7 Å². The number of amides is 1. The number of rotatable bonds is 2. The number of piperazine rings is 1. The second-order valence-electron chi connectivity index (χ2n) is 5.42. The predicted octanol–water partition coefficient (Wildman–Crippen LogP) is 1.55. The Morgan fingerprint density at radius 3 is 2.59 bits per heavy atom. The fraction of sp³-hybridized carbons (Fsp3) is 0.467. The van der Waals surface area contributed by atoms with Crippen LogP contribution in [0.4, 0.5) is 4.39 Å². The SMILES string of the molecule is O=C1OCC[C@H]1N1CCN(C(=O)c2ccc(Cl)cc2F)CC1. The zero-order valence-electron chi connectivity index (χ0n) is 11.9. The maximum absolute atomic E-state index is 13.8. The number of esters is 1. The molecule has 0 N–H and O–H groups in total. The van der Waals surface area contributed by atoms with Crippen LogP contribution in [-0.4, -0.2) is 60.5 Å². The van der Waals surface area contributed by atoms with Crippen LogP contribution in [0.5, 0.6) is 0 Å². The molecule has 2 heterocycles. The van der Waals surface area contributed by atoms with Gasteiger partial charge in [-0.05, 0) is 18.2 Å².